The van der Waals surface area contributed by atoms with E-state index >= 15 is 0 Å². The molecule has 2 amide bonds. The minimum absolute atomic E-state index is 0.0790. The van der Waals surface area contributed by atoms with Gasteiger partial charge in [0, 0.05) is 35.1 Å². The lowest BCUT2D eigenvalue weighted by molar-refractivity contribution is -0.118. The summed E-state index contributed by atoms with van der Waals surface area (Å²) < 4.78 is 5.29. The summed E-state index contributed by atoms with van der Waals surface area (Å²) in [6.45, 7) is 3.14. The monoisotopic (exact) mass is 439 g/mol. The molecular formula is C22H22ClN5O3. The zero-order valence-electron chi connectivity index (χ0n) is 16.7. The van der Waals surface area contributed by atoms with Crippen LogP contribution in [0.5, 0.6) is 0 Å². The van der Waals surface area contributed by atoms with Gasteiger partial charge >= 0.3 is 0 Å². The van der Waals surface area contributed by atoms with E-state index in [0.717, 1.165) is 18.7 Å². The third-order valence-electron chi connectivity index (χ3n) is 4.91. The molecule has 1 fully saturated rings. The van der Waals surface area contributed by atoms with Crippen molar-refractivity contribution in [3.8, 4) is 11.3 Å². The number of amides is 2. The molecule has 0 aliphatic carbocycles. The summed E-state index contributed by atoms with van der Waals surface area (Å²) >= 11 is 5.94. The van der Waals surface area contributed by atoms with Crippen LogP contribution in [-0.2, 0) is 9.53 Å². The number of aromatic amines is 1. The van der Waals surface area contributed by atoms with E-state index in [1.807, 2.05) is 12.1 Å². The molecule has 2 aromatic carbocycles. The van der Waals surface area contributed by atoms with Crippen molar-refractivity contribution in [2.45, 2.75) is 0 Å². The Bertz CT molecular complexity index is 1040. The maximum atomic E-state index is 12.7. The van der Waals surface area contributed by atoms with Crippen LogP contribution in [0.2, 0.25) is 5.02 Å². The zero-order chi connectivity index (χ0) is 21.6. The molecule has 9 heteroatoms. The van der Waals surface area contributed by atoms with Crippen molar-refractivity contribution >= 4 is 34.8 Å². The lowest BCUT2D eigenvalue weighted by atomic mass is 10.1. The summed E-state index contributed by atoms with van der Waals surface area (Å²) in [5.41, 5.74) is 3.12. The minimum Gasteiger partial charge on any atom is -0.379 e. The molecule has 8 nitrogen and oxygen atoms in total. The Labute approximate surface area is 184 Å². The van der Waals surface area contributed by atoms with Gasteiger partial charge in [-0.3, -0.25) is 19.6 Å². The number of morpholine rings is 1. The second-order valence-electron chi connectivity index (χ2n) is 7.13. The Kier molecular flexibility index (Phi) is 6.61. The van der Waals surface area contributed by atoms with E-state index in [1.165, 1.54) is 6.20 Å². The molecule has 2 heterocycles. The van der Waals surface area contributed by atoms with Gasteiger partial charge in [0.2, 0.25) is 5.91 Å². The summed E-state index contributed by atoms with van der Waals surface area (Å²) in [6, 6.07) is 14.1. The molecule has 0 unspecified atom stereocenters. The molecule has 160 valence electrons. The summed E-state index contributed by atoms with van der Waals surface area (Å²) in [4.78, 5) is 27.0. The van der Waals surface area contributed by atoms with Crippen molar-refractivity contribution in [2.24, 2.45) is 0 Å². The molecule has 0 spiro atoms. The SMILES string of the molecule is O=C(CN1CCOCC1)Nc1ccc(NC(=O)c2cn[nH]c2-c2ccc(Cl)cc2)cc1. The third-order valence-corrected chi connectivity index (χ3v) is 5.17. The van der Waals surface area contributed by atoms with Crippen LogP contribution in [0.3, 0.4) is 0 Å². The highest BCUT2D eigenvalue weighted by atomic mass is 35.5. The summed E-state index contributed by atoms with van der Waals surface area (Å²) in [7, 11) is 0. The van der Waals surface area contributed by atoms with Crippen molar-refractivity contribution in [1.82, 2.24) is 15.1 Å². The van der Waals surface area contributed by atoms with Gasteiger partial charge in [-0.05, 0) is 36.4 Å². The van der Waals surface area contributed by atoms with Gasteiger partial charge in [-0.1, -0.05) is 23.7 Å². The standard InChI is InChI=1S/C22H22ClN5O3/c23-16-3-1-15(2-4-16)21-19(13-24-27-21)22(30)26-18-7-5-17(6-8-18)25-20(29)14-28-9-11-31-12-10-28/h1-8,13H,9-12,14H2,(H,24,27)(H,25,29)(H,26,30). The van der Waals surface area contributed by atoms with Crippen molar-refractivity contribution in [1.29, 1.82) is 0 Å². The number of benzene rings is 2. The lowest BCUT2D eigenvalue weighted by Gasteiger charge is -2.25. The van der Waals surface area contributed by atoms with Crippen LogP contribution >= 0.6 is 11.6 Å². The molecule has 4 rings (SSSR count). The Morgan fingerprint density at radius 1 is 1.00 bits per heavy atom. The predicted molar refractivity (Wildman–Crippen MR) is 119 cm³/mol. The number of ether oxygens (including phenoxy) is 1. The molecule has 0 bridgehead atoms. The normalized spacial score (nSPS) is 14.2. The molecule has 3 N–H and O–H groups in total. The summed E-state index contributed by atoms with van der Waals surface area (Å²) in [6.07, 6.45) is 1.49. The second-order valence-corrected chi connectivity index (χ2v) is 7.57. The van der Waals surface area contributed by atoms with E-state index in [-0.39, 0.29) is 11.8 Å². The molecule has 0 atom stereocenters. The first kappa shape index (κ1) is 21.0. The van der Waals surface area contributed by atoms with Gasteiger partial charge in [-0.15, -0.1) is 0 Å². The van der Waals surface area contributed by atoms with Gasteiger partial charge in [0.1, 0.15) is 0 Å². The number of hydrogen-bond acceptors (Lipinski definition) is 5. The number of aromatic nitrogens is 2. The van der Waals surface area contributed by atoms with E-state index in [9.17, 15) is 9.59 Å². The fraction of sp³-hybridized carbons (Fsp3) is 0.227. The summed E-state index contributed by atoms with van der Waals surface area (Å²) in [5.74, 6) is -0.368. The van der Waals surface area contributed by atoms with Gasteiger partial charge in [-0.25, -0.2) is 0 Å². The zero-order valence-corrected chi connectivity index (χ0v) is 17.5. The number of hydrogen-bond donors (Lipinski definition) is 3. The van der Waals surface area contributed by atoms with Crippen LogP contribution < -0.4 is 10.6 Å². The average molecular weight is 440 g/mol. The molecule has 1 saturated heterocycles. The second kappa shape index (κ2) is 9.74. The van der Waals surface area contributed by atoms with Crippen LogP contribution in [0.25, 0.3) is 11.3 Å². The Morgan fingerprint density at radius 2 is 1.65 bits per heavy atom. The van der Waals surface area contributed by atoms with Crippen LogP contribution in [0.15, 0.2) is 54.7 Å². The number of anilines is 2. The van der Waals surface area contributed by atoms with Crippen molar-refractivity contribution in [2.75, 3.05) is 43.5 Å². The van der Waals surface area contributed by atoms with Crippen LogP contribution in [-0.4, -0.2) is 59.8 Å². The maximum absolute atomic E-state index is 12.7. The molecule has 1 aliphatic rings. The van der Waals surface area contributed by atoms with Gasteiger partial charge in [-0.2, -0.15) is 5.10 Å². The molecular weight excluding hydrogens is 418 g/mol. The molecule has 3 aromatic rings. The van der Waals surface area contributed by atoms with Crippen LogP contribution in [0.1, 0.15) is 10.4 Å². The van der Waals surface area contributed by atoms with Gasteiger partial charge in [0.05, 0.1) is 37.2 Å². The molecule has 31 heavy (non-hydrogen) atoms. The van der Waals surface area contributed by atoms with Gasteiger partial charge < -0.3 is 15.4 Å². The number of nitrogens with zero attached hydrogens (tertiary/aromatic N) is 2. The van der Waals surface area contributed by atoms with Crippen molar-refractivity contribution in [3.63, 3.8) is 0 Å². The molecule has 1 aliphatic heterocycles. The van der Waals surface area contributed by atoms with E-state index in [4.69, 9.17) is 16.3 Å². The fourth-order valence-corrected chi connectivity index (χ4v) is 3.42. The van der Waals surface area contributed by atoms with Gasteiger partial charge in [0.25, 0.3) is 5.91 Å². The largest absolute Gasteiger partial charge is 0.379 e. The maximum Gasteiger partial charge on any atom is 0.259 e. The Morgan fingerprint density at radius 3 is 2.32 bits per heavy atom. The fourth-order valence-electron chi connectivity index (χ4n) is 3.29. The van der Waals surface area contributed by atoms with Crippen LogP contribution in [0.4, 0.5) is 11.4 Å². The minimum atomic E-state index is -0.289. The smallest absolute Gasteiger partial charge is 0.259 e. The first-order valence-electron chi connectivity index (χ1n) is 9.89. The quantitative estimate of drug-likeness (QED) is 0.547. The van der Waals surface area contributed by atoms with E-state index in [0.29, 0.717) is 47.4 Å². The number of nitrogens with one attached hydrogen (secondary N) is 3. The average Bonchev–Trinajstić information content (AvgIpc) is 3.26. The molecule has 0 radical (unpaired) electrons. The Balaban J connectivity index is 1.36. The first-order valence-corrected chi connectivity index (χ1v) is 10.3. The van der Waals surface area contributed by atoms with Crippen molar-refractivity contribution < 1.29 is 14.3 Å². The van der Waals surface area contributed by atoms with E-state index in [2.05, 4.69) is 25.7 Å². The number of rotatable bonds is 6. The van der Waals surface area contributed by atoms with Crippen molar-refractivity contribution in [3.05, 3.63) is 65.3 Å². The van der Waals surface area contributed by atoms with E-state index in [1.54, 1.807) is 36.4 Å². The Hall–Kier alpha value is -3.20. The third kappa shape index (κ3) is 5.49. The predicted octanol–water partition coefficient (Wildman–Crippen LogP) is 3.25. The summed E-state index contributed by atoms with van der Waals surface area (Å²) in [5, 5.41) is 13.2. The topological polar surface area (TPSA) is 99.3 Å². The first-order chi connectivity index (χ1) is 15.1. The lowest BCUT2D eigenvalue weighted by Crippen LogP contribution is -2.41. The number of carbonyl (C=O) groups is 2. The van der Waals surface area contributed by atoms with Gasteiger partial charge in [0.15, 0.2) is 0 Å². The number of carbonyl (C=O) groups excluding carboxylic acids is 2. The highest BCUT2D eigenvalue weighted by Crippen LogP contribution is 2.24. The van der Waals surface area contributed by atoms with Crippen LogP contribution in [0, 0.1) is 0 Å². The molecule has 0 saturated carbocycles. The highest BCUT2D eigenvalue weighted by Gasteiger charge is 2.16. The number of halogens is 1. The van der Waals surface area contributed by atoms with E-state index < -0.39 is 0 Å². The number of H-pyrrole nitrogens is 1. The highest BCUT2D eigenvalue weighted by molar-refractivity contribution is 6.30. The molecule has 1 aromatic heterocycles.